The molecule has 0 fully saturated rings. The molecule has 1 aromatic heterocycles. The van der Waals surface area contributed by atoms with Gasteiger partial charge in [-0.05, 0) is 17.7 Å². The molecule has 0 atom stereocenters. The van der Waals surface area contributed by atoms with Crippen LogP contribution in [-0.4, -0.2) is 27.8 Å². The zero-order valence-corrected chi connectivity index (χ0v) is 16.0. The van der Waals surface area contributed by atoms with Crippen LogP contribution in [0.1, 0.15) is 22.3 Å². The summed E-state index contributed by atoms with van der Waals surface area (Å²) in [6.45, 7) is 0.567. The number of pyridine rings is 1. The van der Waals surface area contributed by atoms with Crippen molar-refractivity contribution in [2.75, 3.05) is 38.4 Å². The Morgan fingerprint density at radius 3 is 2.32 bits per heavy atom. The van der Waals surface area contributed by atoms with E-state index in [9.17, 15) is 10.5 Å². The van der Waals surface area contributed by atoms with Crippen molar-refractivity contribution in [3.8, 4) is 29.7 Å². The fourth-order valence-electron chi connectivity index (χ4n) is 2.92. The number of hydrogen-bond donors (Lipinski definition) is 1. The molecule has 1 aromatic carbocycles. The van der Waals surface area contributed by atoms with E-state index in [1.54, 1.807) is 14.2 Å². The van der Waals surface area contributed by atoms with Gasteiger partial charge in [-0.25, -0.2) is 4.98 Å². The number of H-pyrrole nitrogens is 1. The zero-order chi connectivity index (χ0) is 20.7. The number of nitrogens with zero attached hydrogens (tertiary/aromatic N) is 4. The van der Waals surface area contributed by atoms with Crippen LogP contribution in [0.25, 0.3) is 0 Å². The van der Waals surface area contributed by atoms with Crippen molar-refractivity contribution in [1.29, 1.82) is 15.8 Å². The number of aromatic amines is 1. The van der Waals surface area contributed by atoms with E-state index in [-0.39, 0.29) is 23.4 Å². The molecule has 0 unspecified atom stereocenters. The Hall–Kier alpha value is -3.96. The number of nitrogens with two attached hydrogens (primary N) is 1. The maximum Gasteiger partial charge on any atom is 0.239 e. The van der Waals surface area contributed by atoms with Crippen LogP contribution in [0.2, 0.25) is 0 Å². The van der Waals surface area contributed by atoms with Crippen molar-refractivity contribution in [3.05, 3.63) is 40.5 Å². The van der Waals surface area contributed by atoms with Crippen LogP contribution in [0, 0.1) is 34.0 Å². The number of anilines is 2. The summed E-state index contributed by atoms with van der Waals surface area (Å²) in [7, 11) is 4.98. The Labute approximate surface area is 163 Å². The van der Waals surface area contributed by atoms with Gasteiger partial charge < -0.3 is 15.2 Å². The highest BCUT2D eigenvalue weighted by Gasteiger charge is 2.24. The molecule has 2 aromatic rings. The van der Waals surface area contributed by atoms with Gasteiger partial charge in [0.2, 0.25) is 11.6 Å². The topological polar surface area (TPSA) is 133 Å². The number of nitriles is 3. The van der Waals surface area contributed by atoms with Gasteiger partial charge in [0.15, 0.2) is 11.5 Å². The van der Waals surface area contributed by atoms with Crippen molar-refractivity contribution in [2.45, 2.75) is 12.8 Å². The third kappa shape index (κ3) is 4.06. The first kappa shape index (κ1) is 20.4. The summed E-state index contributed by atoms with van der Waals surface area (Å²) in [6, 6.07) is 11.7. The number of likely N-dealkylation sites (N-methyl/N-ethyl adjacent to an activating group) is 1. The van der Waals surface area contributed by atoms with Crippen LogP contribution >= 0.6 is 0 Å². The third-order valence-electron chi connectivity index (χ3n) is 4.41. The van der Waals surface area contributed by atoms with Crippen molar-refractivity contribution >= 4 is 11.6 Å². The highest BCUT2D eigenvalue weighted by molar-refractivity contribution is 5.64. The minimum Gasteiger partial charge on any atom is -0.493 e. The summed E-state index contributed by atoms with van der Waals surface area (Å²) in [5.74, 6) is 1.91. The molecule has 28 heavy (non-hydrogen) atoms. The van der Waals surface area contributed by atoms with Gasteiger partial charge in [0, 0.05) is 12.0 Å². The van der Waals surface area contributed by atoms with Crippen LogP contribution in [0.15, 0.2) is 18.2 Å². The Kier molecular flexibility index (Phi) is 6.63. The largest absolute Gasteiger partial charge is 0.493 e. The quantitative estimate of drug-likeness (QED) is 0.774. The Balaban J connectivity index is 2.32. The van der Waals surface area contributed by atoms with E-state index >= 15 is 0 Å². The summed E-state index contributed by atoms with van der Waals surface area (Å²) >= 11 is 0. The standard InChI is InChI=1S/C20H20N6O2/c1-26(9-7-13-4-5-17(27-2)18(10-13)28-3)20-16(12-23)14(6-8-21)15(11-22)19(24)25-20/h4-5,10H,6-7,9H2,1-3H3,(H2,24,25)/p+1. The number of benzene rings is 1. The van der Waals surface area contributed by atoms with E-state index in [0.717, 1.165) is 5.56 Å². The summed E-state index contributed by atoms with van der Waals surface area (Å²) < 4.78 is 10.6. The molecule has 2 rings (SSSR count). The Morgan fingerprint density at radius 1 is 1.07 bits per heavy atom. The van der Waals surface area contributed by atoms with E-state index in [1.807, 2.05) is 42.3 Å². The number of ether oxygens (including phenoxy) is 2. The third-order valence-corrected chi connectivity index (χ3v) is 4.41. The summed E-state index contributed by atoms with van der Waals surface area (Å²) in [5, 5.41) is 28.0. The average molecular weight is 377 g/mol. The lowest BCUT2D eigenvalue weighted by atomic mass is 10.0. The predicted octanol–water partition coefficient (Wildman–Crippen LogP) is 1.59. The van der Waals surface area contributed by atoms with Crippen LogP contribution in [0.3, 0.4) is 0 Å². The normalized spacial score (nSPS) is 9.71. The summed E-state index contributed by atoms with van der Waals surface area (Å²) in [6.07, 6.45) is 0.601. The van der Waals surface area contributed by atoms with Crippen molar-refractivity contribution in [2.24, 2.45) is 0 Å². The molecule has 1 heterocycles. The van der Waals surface area contributed by atoms with Gasteiger partial charge in [-0.3, -0.25) is 4.90 Å². The second-order valence-corrected chi connectivity index (χ2v) is 6.04. The van der Waals surface area contributed by atoms with E-state index in [1.165, 1.54) is 0 Å². The van der Waals surface area contributed by atoms with Gasteiger partial charge >= 0.3 is 0 Å². The molecular formula is C20H21N6O2+. The smallest absolute Gasteiger partial charge is 0.239 e. The number of aromatic nitrogens is 1. The van der Waals surface area contributed by atoms with Crippen LogP contribution in [0.4, 0.5) is 11.6 Å². The molecule has 142 valence electrons. The second kappa shape index (κ2) is 9.12. The fourth-order valence-corrected chi connectivity index (χ4v) is 2.92. The number of nitrogens with one attached hydrogen (secondary N) is 1. The molecule has 0 aliphatic rings. The molecule has 8 nitrogen and oxygen atoms in total. The predicted molar refractivity (Wildman–Crippen MR) is 103 cm³/mol. The number of rotatable bonds is 7. The molecule has 0 saturated heterocycles. The number of nitrogen functional groups attached to an aromatic ring is 1. The van der Waals surface area contributed by atoms with Crippen molar-refractivity contribution in [3.63, 3.8) is 0 Å². The first-order valence-electron chi connectivity index (χ1n) is 8.47. The molecule has 0 aliphatic carbocycles. The van der Waals surface area contributed by atoms with Crippen LogP contribution in [-0.2, 0) is 12.8 Å². The van der Waals surface area contributed by atoms with Crippen molar-refractivity contribution < 1.29 is 14.5 Å². The van der Waals surface area contributed by atoms with Crippen LogP contribution < -0.4 is 25.1 Å². The van der Waals surface area contributed by atoms with Gasteiger partial charge in [0.25, 0.3) is 0 Å². The lowest BCUT2D eigenvalue weighted by Gasteiger charge is -2.17. The molecule has 0 amide bonds. The minimum absolute atomic E-state index is 0.0683. The Morgan fingerprint density at radius 2 is 1.75 bits per heavy atom. The second-order valence-electron chi connectivity index (χ2n) is 6.04. The highest BCUT2D eigenvalue weighted by atomic mass is 16.5. The van der Waals surface area contributed by atoms with E-state index in [2.05, 4.69) is 11.1 Å². The number of methoxy groups -OCH3 is 2. The fraction of sp³-hybridized carbons (Fsp3) is 0.300. The van der Waals surface area contributed by atoms with Gasteiger partial charge in [0.05, 0.1) is 40.3 Å². The highest BCUT2D eigenvalue weighted by Crippen LogP contribution is 2.28. The van der Waals surface area contributed by atoms with Crippen LogP contribution in [0.5, 0.6) is 11.5 Å². The summed E-state index contributed by atoms with van der Waals surface area (Å²) in [5.41, 5.74) is 7.71. The zero-order valence-electron chi connectivity index (χ0n) is 16.0. The first-order chi connectivity index (χ1) is 13.5. The lowest BCUT2D eigenvalue weighted by Crippen LogP contribution is -2.31. The molecule has 0 bridgehead atoms. The molecule has 0 spiro atoms. The average Bonchev–Trinajstić information content (AvgIpc) is 2.71. The van der Waals surface area contributed by atoms with Gasteiger partial charge in [0.1, 0.15) is 23.3 Å². The monoisotopic (exact) mass is 377 g/mol. The van der Waals surface area contributed by atoms with Gasteiger partial charge in [-0.2, -0.15) is 15.8 Å². The van der Waals surface area contributed by atoms with E-state index in [0.29, 0.717) is 35.8 Å². The molecule has 0 radical (unpaired) electrons. The maximum atomic E-state index is 9.61. The SMILES string of the molecule is COc1ccc(CCN(C)c2[nH+]c(N)c(C#N)c(CC#N)c2C#N)cc1OC. The Bertz CT molecular complexity index is 998. The van der Waals surface area contributed by atoms with Gasteiger partial charge in [-0.15, -0.1) is 0 Å². The van der Waals surface area contributed by atoms with E-state index in [4.69, 9.17) is 20.5 Å². The van der Waals surface area contributed by atoms with Gasteiger partial charge in [-0.1, -0.05) is 6.07 Å². The minimum atomic E-state index is -0.0683. The number of hydrogen-bond acceptors (Lipinski definition) is 7. The molecule has 0 aliphatic heterocycles. The van der Waals surface area contributed by atoms with E-state index < -0.39 is 0 Å². The lowest BCUT2D eigenvalue weighted by molar-refractivity contribution is -0.346. The first-order valence-corrected chi connectivity index (χ1v) is 8.47. The summed E-state index contributed by atoms with van der Waals surface area (Å²) in [4.78, 5) is 4.77. The molecule has 8 heteroatoms. The molecule has 0 saturated carbocycles. The molecule has 3 N–H and O–H groups in total. The molecular weight excluding hydrogens is 356 g/mol. The maximum absolute atomic E-state index is 9.61. The van der Waals surface area contributed by atoms with Crippen molar-refractivity contribution in [1.82, 2.24) is 0 Å².